The minimum absolute atomic E-state index is 0.0144. The molecule has 0 radical (unpaired) electrons. The van der Waals surface area contributed by atoms with Crippen LogP contribution < -0.4 is 11.1 Å². The zero-order valence-electron chi connectivity index (χ0n) is 19.5. The van der Waals surface area contributed by atoms with Gasteiger partial charge in [0.25, 0.3) is 0 Å². The van der Waals surface area contributed by atoms with E-state index in [1.54, 1.807) is 18.2 Å². The number of ketones is 1. The van der Waals surface area contributed by atoms with Crippen molar-refractivity contribution >= 4 is 17.6 Å². The second kappa shape index (κ2) is 8.39. The fourth-order valence-electron chi connectivity index (χ4n) is 7.10. The average molecular weight is 450 g/mol. The molecule has 1 aromatic rings. The van der Waals surface area contributed by atoms with Gasteiger partial charge >= 0.3 is 0 Å². The molecule has 1 aliphatic heterocycles. The molecular weight excluding hydrogens is 414 g/mol. The molecule has 2 saturated carbocycles. The maximum absolute atomic E-state index is 13.7. The SMILES string of the molecule is CC(=O)c1cccc([C@]2(C(N)=O)[C@H](C(=O)NCCCCN3CCCC3)[C@H]3C=C[C@H]2C32CC2)c1. The number of allylic oxidation sites excluding steroid dienone is 2. The van der Waals surface area contributed by atoms with Gasteiger partial charge in [0.1, 0.15) is 0 Å². The molecule has 3 aliphatic carbocycles. The quantitative estimate of drug-likeness (QED) is 0.344. The van der Waals surface area contributed by atoms with E-state index in [4.69, 9.17) is 5.73 Å². The van der Waals surface area contributed by atoms with Crippen molar-refractivity contribution in [3.05, 3.63) is 47.5 Å². The molecule has 1 aromatic carbocycles. The summed E-state index contributed by atoms with van der Waals surface area (Å²) >= 11 is 0. The molecule has 2 bridgehead atoms. The first-order valence-electron chi connectivity index (χ1n) is 12.5. The minimum atomic E-state index is -1.11. The third-order valence-corrected chi connectivity index (χ3v) is 8.80. The maximum atomic E-state index is 13.7. The fraction of sp³-hybridized carbons (Fsp3) is 0.593. The van der Waals surface area contributed by atoms with Crippen molar-refractivity contribution in [1.82, 2.24) is 10.2 Å². The van der Waals surface area contributed by atoms with E-state index < -0.39 is 17.2 Å². The van der Waals surface area contributed by atoms with Crippen molar-refractivity contribution in [1.29, 1.82) is 0 Å². The number of hydrogen-bond donors (Lipinski definition) is 2. The van der Waals surface area contributed by atoms with Crippen molar-refractivity contribution in [3.63, 3.8) is 0 Å². The molecule has 1 spiro atoms. The van der Waals surface area contributed by atoms with Crippen LogP contribution in [0.2, 0.25) is 0 Å². The Morgan fingerprint density at radius 2 is 1.88 bits per heavy atom. The Balaban J connectivity index is 1.39. The van der Waals surface area contributed by atoms with E-state index in [1.807, 2.05) is 6.07 Å². The largest absolute Gasteiger partial charge is 0.369 e. The molecule has 0 unspecified atom stereocenters. The molecule has 1 saturated heterocycles. The molecule has 4 aliphatic rings. The normalized spacial score (nSPS) is 31.2. The topological polar surface area (TPSA) is 92.5 Å². The number of likely N-dealkylation sites (tertiary alicyclic amines) is 1. The average Bonchev–Trinajstić information content (AvgIpc) is 3.16. The third kappa shape index (κ3) is 3.45. The van der Waals surface area contributed by atoms with E-state index in [1.165, 1.54) is 32.9 Å². The number of Topliss-reactive ketones (excluding diaryl/α,β-unsaturated/α-hetero) is 1. The van der Waals surface area contributed by atoms with E-state index in [-0.39, 0.29) is 28.9 Å². The van der Waals surface area contributed by atoms with Gasteiger partial charge in [-0.3, -0.25) is 14.4 Å². The Bertz CT molecular complexity index is 992. The highest BCUT2D eigenvalue weighted by Gasteiger charge is 2.76. The Hall–Kier alpha value is -2.47. The number of hydrogen-bond acceptors (Lipinski definition) is 4. The summed E-state index contributed by atoms with van der Waals surface area (Å²) in [6, 6.07) is 7.22. The molecule has 5 rings (SSSR count). The second-order valence-electron chi connectivity index (χ2n) is 10.5. The van der Waals surface area contributed by atoms with Crippen LogP contribution in [0.5, 0.6) is 0 Å². The van der Waals surface area contributed by atoms with Crippen LogP contribution in [0.4, 0.5) is 0 Å². The standard InChI is InChI=1S/C27H35N3O3/c1-18(31)19-7-6-8-20(17-19)27(25(28)33)22-10-9-21(26(22)11-12-26)23(27)24(32)29-13-2-3-14-30-15-4-5-16-30/h6-10,17,21-23H,2-5,11-16H2,1H3,(H2,28,33)(H,29,32)/t21-,22+,23+,27-/m1/s1. The molecule has 3 N–H and O–H groups in total. The van der Waals surface area contributed by atoms with Gasteiger partial charge in [-0.25, -0.2) is 0 Å². The van der Waals surface area contributed by atoms with Gasteiger partial charge in [-0.1, -0.05) is 30.4 Å². The van der Waals surface area contributed by atoms with Gasteiger partial charge in [0.2, 0.25) is 11.8 Å². The van der Waals surface area contributed by atoms with Crippen molar-refractivity contribution in [2.24, 2.45) is 28.9 Å². The number of unbranched alkanes of at least 4 members (excludes halogenated alkanes) is 1. The molecule has 6 heteroatoms. The van der Waals surface area contributed by atoms with Gasteiger partial charge in [-0.05, 0) is 88.0 Å². The third-order valence-electron chi connectivity index (χ3n) is 8.80. The first-order chi connectivity index (χ1) is 15.9. The number of benzene rings is 1. The van der Waals surface area contributed by atoms with Gasteiger partial charge in [-0.15, -0.1) is 0 Å². The highest BCUT2D eigenvalue weighted by atomic mass is 16.2. The van der Waals surface area contributed by atoms with Crippen molar-refractivity contribution in [2.45, 2.75) is 50.9 Å². The van der Waals surface area contributed by atoms with Gasteiger partial charge in [0.15, 0.2) is 5.78 Å². The molecule has 4 atom stereocenters. The number of carbonyl (C=O) groups is 3. The van der Waals surface area contributed by atoms with Crippen LogP contribution in [0.1, 0.15) is 61.4 Å². The first kappa shape index (κ1) is 22.3. The Morgan fingerprint density at radius 3 is 2.55 bits per heavy atom. The van der Waals surface area contributed by atoms with E-state index in [2.05, 4.69) is 22.4 Å². The lowest BCUT2D eigenvalue weighted by Gasteiger charge is -2.39. The lowest BCUT2D eigenvalue weighted by molar-refractivity contribution is -0.136. The molecule has 6 nitrogen and oxygen atoms in total. The lowest BCUT2D eigenvalue weighted by Crippen LogP contribution is -2.55. The summed E-state index contributed by atoms with van der Waals surface area (Å²) in [5.41, 5.74) is 6.26. The summed E-state index contributed by atoms with van der Waals surface area (Å²) < 4.78 is 0. The Kier molecular flexibility index (Phi) is 5.68. The van der Waals surface area contributed by atoms with Crippen molar-refractivity contribution in [3.8, 4) is 0 Å². The monoisotopic (exact) mass is 449 g/mol. The first-order valence-corrected chi connectivity index (χ1v) is 12.5. The van der Waals surface area contributed by atoms with Crippen LogP contribution in [0.3, 0.4) is 0 Å². The summed E-state index contributed by atoms with van der Waals surface area (Å²) in [5, 5.41) is 3.15. The summed E-state index contributed by atoms with van der Waals surface area (Å²) in [4.78, 5) is 41.5. The van der Waals surface area contributed by atoms with E-state index in [0.29, 0.717) is 17.7 Å². The zero-order valence-corrected chi connectivity index (χ0v) is 19.5. The predicted octanol–water partition coefficient (Wildman–Crippen LogP) is 2.82. The highest BCUT2D eigenvalue weighted by molar-refractivity contribution is 5.99. The molecule has 1 heterocycles. The summed E-state index contributed by atoms with van der Waals surface area (Å²) in [5.74, 6) is -1.21. The number of amides is 2. The smallest absolute Gasteiger partial charge is 0.229 e. The minimum Gasteiger partial charge on any atom is -0.369 e. The second-order valence-corrected chi connectivity index (χ2v) is 10.5. The van der Waals surface area contributed by atoms with Gasteiger partial charge < -0.3 is 16.0 Å². The molecular formula is C27H35N3O3. The maximum Gasteiger partial charge on any atom is 0.229 e. The molecule has 33 heavy (non-hydrogen) atoms. The van der Waals surface area contributed by atoms with Crippen molar-refractivity contribution < 1.29 is 14.4 Å². The number of carbonyl (C=O) groups excluding carboxylic acids is 3. The summed E-state index contributed by atoms with van der Waals surface area (Å²) in [6.45, 7) is 5.59. The highest BCUT2D eigenvalue weighted by Crippen LogP contribution is 2.75. The summed E-state index contributed by atoms with van der Waals surface area (Å²) in [6.07, 6.45) is 10.8. The molecule has 3 fully saturated rings. The Labute approximate surface area is 196 Å². The molecule has 176 valence electrons. The van der Waals surface area contributed by atoms with Crippen LogP contribution >= 0.6 is 0 Å². The van der Waals surface area contributed by atoms with Crippen molar-refractivity contribution in [2.75, 3.05) is 26.2 Å². The molecule has 2 amide bonds. The predicted molar refractivity (Wildman–Crippen MR) is 127 cm³/mol. The number of nitrogens with two attached hydrogens (primary N) is 1. The van der Waals surface area contributed by atoms with Crippen LogP contribution in [-0.2, 0) is 15.0 Å². The van der Waals surface area contributed by atoms with Crippen LogP contribution in [-0.4, -0.2) is 48.7 Å². The van der Waals surface area contributed by atoms with Gasteiger partial charge in [-0.2, -0.15) is 0 Å². The van der Waals surface area contributed by atoms with Crippen LogP contribution in [0.15, 0.2) is 36.4 Å². The fourth-order valence-corrected chi connectivity index (χ4v) is 7.10. The number of primary amides is 1. The van der Waals surface area contributed by atoms with E-state index >= 15 is 0 Å². The van der Waals surface area contributed by atoms with Crippen LogP contribution in [0, 0.1) is 23.2 Å². The number of nitrogens with one attached hydrogen (secondary N) is 1. The summed E-state index contributed by atoms with van der Waals surface area (Å²) in [7, 11) is 0. The molecule has 0 aromatic heterocycles. The zero-order chi connectivity index (χ0) is 23.2. The number of rotatable bonds is 9. The van der Waals surface area contributed by atoms with Crippen LogP contribution in [0.25, 0.3) is 0 Å². The van der Waals surface area contributed by atoms with E-state index in [0.717, 1.165) is 32.2 Å². The van der Waals surface area contributed by atoms with E-state index in [9.17, 15) is 14.4 Å². The van der Waals surface area contributed by atoms with Gasteiger partial charge in [0, 0.05) is 18.0 Å². The Morgan fingerprint density at radius 1 is 1.12 bits per heavy atom. The number of nitrogens with zero attached hydrogens (tertiary/aromatic N) is 1. The lowest BCUT2D eigenvalue weighted by atomic mass is 9.62. The van der Waals surface area contributed by atoms with Gasteiger partial charge in [0.05, 0.1) is 11.3 Å².